The van der Waals surface area contributed by atoms with Gasteiger partial charge >= 0.3 is 0 Å². The molecule has 0 aromatic heterocycles. The molecule has 0 bridgehead atoms. The van der Waals surface area contributed by atoms with E-state index in [1.54, 1.807) is 6.92 Å². The van der Waals surface area contributed by atoms with E-state index in [4.69, 9.17) is 4.74 Å². The van der Waals surface area contributed by atoms with Crippen molar-refractivity contribution in [3.8, 4) is 5.75 Å². The van der Waals surface area contributed by atoms with Crippen LogP contribution in [0.25, 0.3) is 0 Å². The molecule has 0 atom stereocenters. The number of hydrogen-bond acceptors (Lipinski definition) is 4. The van der Waals surface area contributed by atoms with Gasteiger partial charge in [0.15, 0.2) is 0 Å². The fourth-order valence-corrected chi connectivity index (χ4v) is 3.05. The van der Waals surface area contributed by atoms with Gasteiger partial charge in [0.2, 0.25) is 0 Å². The van der Waals surface area contributed by atoms with E-state index in [2.05, 4.69) is 4.72 Å². The van der Waals surface area contributed by atoms with Crippen LogP contribution in [0.4, 0.5) is 14.5 Å². The minimum absolute atomic E-state index is 0.141. The van der Waals surface area contributed by atoms with Crippen molar-refractivity contribution in [1.29, 1.82) is 0 Å². The Hall–Kier alpha value is -2.19. The van der Waals surface area contributed by atoms with Crippen LogP contribution in [-0.4, -0.2) is 20.1 Å². The van der Waals surface area contributed by atoms with Gasteiger partial charge in [-0.2, -0.15) is 0 Å². The molecule has 2 aromatic carbocycles. The van der Waals surface area contributed by atoms with E-state index in [9.17, 15) is 22.3 Å². The molecule has 0 aliphatic carbocycles. The lowest BCUT2D eigenvalue weighted by molar-refractivity contribution is 0.267. The summed E-state index contributed by atoms with van der Waals surface area (Å²) >= 11 is 0. The van der Waals surface area contributed by atoms with Crippen molar-refractivity contribution in [2.24, 2.45) is 0 Å². The third-order valence-electron chi connectivity index (χ3n) is 2.93. The van der Waals surface area contributed by atoms with Crippen LogP contribution in [0, 0.1) is 11.6 Å². The highest BCUT2D eigenvalue weighted by Gasteiger charge is 2.17. The topological polar surface area (TPSA) is 75.6 Å². The van der Waals surface area contributed by atoms with E-state index < -0.39 is 26.6 Å². The Bertz CT molecular complexity index is 789. The molecule has 0 aliphatic rings. The second-order valence-electron chi connectivity index (χ2n) is 4.62. The molecule has 0 spiro atoms. The molecule has 2 N–H and O–H groups in total. The van der Waals surface area contributed by atoms with Gasteiger partial charge in [-0.05, 0) is 37.3 Å². The molecule has 0 saturated heterocycles. The van der Waals surface area contributed by atoms with E-state index in [1.807, 2.05) is 0 Å². The zero-order valence-electron chi connectivity index (χ0n) is 12.2. The number of nitrogens with one attached hydrogen (secondary N) is 1. The quantitative estimate of drug-likeness (QED) is 0.845. The Labute approximate surface area is 132 Å². The SMILES string of the molecule is CCOc1ccc(NS(=O)(=O)c2cc(F)cc(F)c2)cc1CO. The lowest BCUT2D eigenvalue weighted by atomic mass is 10.2. The maximum Gasteiger partial charge on any atom is 0.262 e. The Kier molecular flexibility index (Phi) is 5.17. The Morgan fingerprint density at radius 3 is 2.35 bits per heavy atom. The molecular weight excluding hydrogens is 328 g/mol. The number of aliphatic hydroxyl groups excluding tert-OH is 1. The van der Waals surface area contributed by atoms with Gasteiger partial charge in [0, 0.05) is 17.3 Å². The summed E-state index contributed by atoms with van der Waals surface area (Å²) in [7, 11) is -4.16. The fraction of sp³-hybridized carbons (Fsp3) is 0.200. The van der Waals surface area contributed by atoms with Gasteiger partial charge in [0.1, 0.15) is 17.4 Å². The fourth-order valence-electron chi connectivity index (χ4n) is 1.96. The largest absolute Gasteiger partial charge is 0.494 e. The summed E-state index contributed by atoms with van der Waals surface area (Å²) in [6.07, 6.45) is 0. The first kappa shape index (κ1) is 17.2. The first-order valence-electron chi connectivity index (χ1n) is 6.71. The van der Waals surface area contributed by atoms with Crippen LogP contribution in [0.5, 0.6) is 5.75 Å². The third-order valence-corrected chi connectivity index (χ3v) is 4.29. The van der Waals surface area contributed by atoms with Gasteiger partial charge < -0.3 is 9.84 Å². The zero-order chi connectivity index (χ0) is 17.0. The molecule has 124 valence electrons. The number of rotatable bonds is 6. The summed E-state index contributed by atoms with van der Waals surface area (Å²) in [5.74, 6) is -1.56. The van der Waals surface area contributed by atoms with E-state index in [1.165, 1.54) is 18.2 Å². The molecule has 0 radical (unpaired) electrons. The molecule has 0 heterocycles. The maximum atomic E-state index is 13.2. The van der Waals surface area contributed by atoms with Gasteiger partial charge in [-0.1, -0.05) is 0 Å². The summed E-state index contributed by atoms with van der Waals surface area (Å²) in [4.78, 5) is -0.533. The minimum atomic E-state index is -4.16. The molecule has 5 nitrogen and oxygen atoms in total. The van der Waals surface area contributed by atoms with Crippen molar-refractivity contribution in [3.05, 3.63) is 53.6 Å². The van der Waals surface area contributed by atoms with Crippen molar-refractivity contribution in [2.75, 3.05) is 11.3 Å². The zero-order valence-corrected chi connectivity index (χ0v) is 13.0. The van der Waals surface area contributed by atoms with Crippen molar-refractivity contribution < 1.29 is 27.0 Å². The van der Waals surface area contributed by atoms with E-state index in [-0.39, 0.29) is 12.3 Å². The van der Waals surface area contributed by atoms with E-state index in [0.717, 1.165) is 0 Å². The lowest BCUT2D eigenvalue weighted by Gasteiger charge is -2.12. The third kappa shape index (κ3) is 4.17. The van der Waals surface area contributed by atoms with Crippen LogP contribution in [0.3, 0.4) is 0 Å². The van der Waals surface area contributed by atoms with Crippen LogP contribution in [0.15, 0.2) is 41.3 Å². The summed E-state index contributed by atoms with van der Waals surface area (Å²) in [6.45, 7) is 1.82. The second-order valence-corrected chi connectivity index (χ2v) is 6.31. The molecule has 0 saturated carbocycles. The van der Waals surface area contributed by atoms with Crippen LogP contribution in [-0.2, 0) is 16.6 Å². The normalized spacial score (nSPS) is 11.3. The van der Waals surface area contributed by atoms with Crippen LogP contribution in [0.1, 0.15) is 12.5 Å². The number of hydrogen-bond donors (Lipinski definition) is 2. The van der Waals surface area contributed by atoms with Crippen molar-refractivity contribution >= 4 is 15.7 Å². The lowest BCUT2D eigenvalue weighted by Crippen LogP contribution is -2.14. The molecule has 0 fully saturated rings. The average Bonchev–Trinajstić information content (AvgIpc) is 2.47. The summed E-state index contributed by atoms with van der Waals surface area (Å²) in [5, 5.41) is 9.30. The molecule has 23 heavy (non-hydrogen) atoms. The number of benzene rings is 2. The van der Waals surface area contributed by atoms with Crippen molar-refractivity contribution in [3.63, 3.8) is 0 Å². The van der Waals surface area contributed by atoms with E-state index >= 15 is 0 Å². The van der Waals surface area contributed by atoms with Gasteiger partial charge in [0.25, 0.3) is 10.0 Å². The highest BCUT2D eigenvalue weighted by atomic mass is 32.2. The smallest absolute Gasteiger partial charge is 0.262 e. The second kappa shape index (κ2) is 6.93. The molecular formula is C15H15F2NO4S. The predicted octanol–water partition coefficient (Wildman–Crippen LogP) is 2.66. The highest BCUT2D eigenvalue weighted by molar-refractivity contribution is 7.92. The Morgan fingerprint density at radius 2 is 1.78 bits per heavy atom. The van der Waals surface area contributed by atoms with Gasteiger partial charge in [-0.25, -0.2) is 17.2 Å². The van der Waals surface area contributed by atoms with Crippen molar-refractivity contribution in [2.45, 2.75) is 18.4 Å². The Morgan fingerprint density at radius 1 is 1.13 bits per heavy atom. The molecule has 0 amide bonds. The van der Waals surface area contributed by atoms with Crippen molar-refractivity contribution in [1.82, 2.24) is 0 Å². The summed E-state index contributed by atoms with van der Waals surface area (Å²) in [6, 6.07) is 6.33. The summed E-state index contributed by atoms with van der Waals surface area (Å²) < 4.78 is 58.2. The first-order valence-corrected chi connectivity index (χ1v) is 8.19. The molecule has 0 aliphatic heterocycles. The van der Waals surface area contributed by atoms with Crippen LogP contribution in [0.2, 0.25) is 0 Å². The van der Waals surface area contributed by atoms with Crippen LogP contribution >= 0.6 is 0 Å². The number of ether oxygens (including phenoxy) is 1. The van der Waals surface area contributed by atoms with E-state index in [0.29, 0.717) is 36.1 Å². The minimum Gasteiger partial charge on any atom is -0.494 e. The number of sulfonamides is 1. The average molecular weight is 343 g/mol. The molecule has 2 aromatic rings. The number of halogens is 2. The first-order chi connectivity index (χ1) is 10.9. The number of anilines is 1. The van der Waals surface area contributed by atoms with Gasteiger partial charge in [-0.15, -0.1) is 0 Å². The summed E-state index contributed by atoms with van der Waals surface area (Å²) in [5.41, 5.74) is 0.527. The van der Waals surface area contributed by atoms with Crippen LogP contribution < -0.4 is 9.46 Å². The monoisotopic (exact) mass is 343 g/mol. The standard InChI is InChI=1S/C15H15F2NO4S/c1-2-22-15-4-3-13(5-10(15)9-19)18-23(20,21)14-7-11(16)6-12(17)8-14/h3-8,18-19H,2,9H2,1H3. The Balaban J connectivity index is 2.33. The molecule has 8 heteroatoms. The molecule has 0 unspecified atom stereocenters. The van der Waals surface area contributed by atoms with Gasteiger partial charge in [0.05, 0.1) is 18.1 Å². The maximum absolute atomic E-state index is 13.2. The highest BCUT2D eigenvalue weighted by Crippen LogP contribution is 2.25. The predicted molar refractivity (Wildman–Crippen MR) is 80.7 cm³/mol. The molecule has 2 rings (SSSR count). The van der Waals surface area contributed by atoms with Gasteiger partial charge in [-0.3, -0.25) is 4.72 Å². The number of aliphatic hydroxyl groups is 1.